The van der Waals surface area contributed by atoms with Crippen molar-refractivity contribution in [3.8, 4) is 0 Å². The summed E-state index contributed by atoms with van der Waals surface area (Å²) in [6, 6.07) is 0. The van der Waals surface area contributed by atoms with Gasteiger partial charge in [0.2, 0.25) is 0 Å². The molecule has 0 aromatic heterocycles. The molecule has 0 aliphatic heterocycles. The van der Waals surface area contributed by atoms with Crippen LogP contribution in [-0.4, -0.2) is 0 Å². The molecule has 0 rings (SSSR count). The lowest BCUT2D eigenvalue weighted by molar-refractivity contribution is 0.440. The highest BCUT2D eigenvalue weighted by Gasteiger charge is 2.02. The van der Waals surface area contributed by atoms with E-state index >= 15 is 0 Å². The zero-order valence-electron chi connectivity index (χ0n) is 11.5. The van der Waals surface area contributed by atoms with Gasteiger partial charge in [-0.15, -0.1) is 0 Å². The Labute approximate surface area is 104 Å². The van der Waals surface area contributed by atoms with E-state index in [4.69, 9.17) is 0 Å². The van der Waals surface area contributed by atoms with Crippen molar-refractivity contribution in [3.63, 3.8) is 0 Å². The third-order valence-electron chi connectivity index (χ3n) is 3.60. The fourth-order valence-electron chi connectivity index (χ4n) is 2.22. The van der Waals surface area contributed by atoms with Gasteiger partial charge in [0.1, 0.15) is 0 Å². The van der Waals surface area contributed by atoms with Crippen molar-refractivity contribution in [1.82, 2.24) is 0 Å². The van der Waals surface area contributed by atoms with Crippen LogP contribution < -0.4 is 0 Å². The molecule has 0 aliphatic carbocycles. The Balaban J connectivity index is 3.03. The van der Waals surface area contributed by atoms with Crippen LogP contribution in [0.15, 0.2) is 0 Å². The topological polar surface area (TPSA) is 0 Å². The summed E-state index contributed by atoms with van der Waals surface area (Å²) in [4.78, 5) is 0. The Morgan fingerprint density at radius 3 is 1.69 bits per heavy atom. The van der Waals surface area contributed by atoms with Crippen molar-refractivity contribution in [2.75, 3.05) is 0 Å². The van der Waals surface area contributed by atoms with Crippen molar-refractivity contribution in [3.05, 3.63) is 13.8 Å². The minimum absolute atomic E-state index is 0.886. The molecule has 1 atom stereocenters. The van der Waals surface area contributed by atoms with Gasteiger partial charge in [-0.25, -0.2) is 0 Å². The van der Waals surface area contributed by atoms with Crippen LogP contribution in [0.25, 0.3) is 0 Å². The average molecular weight is 224 g/mol. The summed E-state index contributed by atoms with van der Waals surface area (Å²) in [5.74, 6) is 0.886. The molecular formula is C16H32. The van der Waals surface area contributed by atoms with Crippen LogP contribution in [0.5, 0.6) is 0 Å². The third-order valence-corrected chi connectivity index (χ3v) is 3.60. The van der Waals surface area contributed by atoms with E-state index in [1.807, 2.05) is 0 Å². The van der Waals surface area contributed by atoms with Gasteiger partial charge in [-0.2, -0.15) is 0 Å². The highest BCUT2D eigenvalue weighted by atomic mass is 14.1. The molecule has 96 valence electrons. The first-order chi connectivity index (χ1) is 7.85. The average Bonchev–Trinajstić information content (AvgIpc) is 2.32. The largest absolute Gasteiger partial charge is 0.0651 e. The summed E-state index contributed by atoms with van der Waals surface area (Å²) in [5, 5.41) is 0. The first kappa shape index (κ1) is 16.0. The first-order valence-corrected chi connectivity index (χ1v) is 7.43. The monoisotopic (exact) mass is 224 g/mol. The van der Waals surface area contributed by atoms with Gasteiger partial charge in [0.05, 0.1) is 0 Å². The van der Waals surface area contributed by atoms with Gasteiger partial charge in [-0.3, -0.25) is 0 Å². The minimum atomic E-state index is 0.886. The molecule has 0 bridgehead atoms. The fourth-order valence-corrected chi connectivity index (χ4v) is 2.22. The smallest absolute Gasteiger partial charge is 0.0417 e. The Hall–Kier alpha value is 0. The third kappa shape index (κ3) is 10.5. The first-order valence-electron chi connectivity index (χ1n) is 7.43. The molecule has 1 unspecified atom stereocenters. The molecule has 0 saturated carbocycles. The Kier molecular flexibility index (Phi) is 13.1. The molecule has 0 fully saturated rings. The molecule has 0 nitrogen and oxygen atoms in total. The van der Waals surface area contributed by atoms with Gasteiger partial charge in [-0.1, -0.05) is 97.8 Å². The predicted molar refractivity (Wildman–Crippen MR) is 75.3 cm³/mol. The molecule has 0 aliphatic rings. The fraction of sp³-hybridized carbons (Fsp3) is 0.875. The lowest BCUT2D eigenvalue weighted by atomic mass is 9.95. The van der Waals surface area contributed by atoms with Crippen LogP contribution in [0.2, 0.25) is 0 Å². The number of hydrogen-bond acceptors (Lipinski definition) is 0. The molecule has 0 aromatic rings. The number of hydrogen-bond donors (Lipinski definition) is 0. The second-order valence-corrected chi connectivity index (χ2v) is 5.03. The van der Waals surface area contributed by atoms with Gasteiger partial charge < -0.3 is 0 Å². The van der Waals surface area contributed by atoms with Gasteiger partial charge in [0.15, 0.2) is 0 Å². The highest BCUT2D eigenvalue weighted by Crippen LogP contribution is 2.17. The molecule has 0 heteroatoms. The number of unbranched alkanes of at least 4 members (excludes halogenated alkanes) is 8. The lowest BCUT2D eigenvalue weighted by Gasteiger charge is -2.11. The van der Waals surface area contributed by atoms with E-state index in [-0.39, 0.29) is 0 Å². The minimum Gasteiger partial charge on any atom is -0.0651 e. The van der Waals surface area contributed by atoms with E-state index < -0.39 is 0 Å². The maximum Gasteiger partial charge on any atom is -0.0417 e. The summed E-state index contributed by atoms with van der Waals surface area (Å²) in [6.07, 6.45) is 16.3. The van der Waals surface area contributed by atoms with Gasteiger partial charge in [-0.05, 0) is 5.92 Å². The molecule has 0 N–H and O–H groups in total. The summed E-state index contributed by atoms with van der Waals surface area (Å²) >= 11 is 0. The molecule has 0 saturated heterocycles. The van der Waals surface area contributed by atoms with Gasteiger partial charge >= 0.3 is 0 Å². The second kappa shape index (κ2) is 13.1. The lowest BCUT2D eigenvalue weighted by Crippen LogP contribution is -1.96. The molecule has 0 heterocycles. The number of rotatable bonds is 12. The van der Waals surface area contributed by atoms with Crippen LogP contribution in [0.4, 0.5) is 0 Å². The molecule has 0 aromatic carbocycles. The van der Waals surface area contributed by atoms with Gasteiger partial charge in [0, 0.05) is 0 Å². The second-order valence-electron chi connectivity index (χ2n) is 5.03. The molecule has 2 radical (unpaired) electrons. The van der Waals surface area contributed by atoms with Crippen LogP contribution in [0.1, 0.15) is 84.0 Å². The highest BCUT2D eigenvalue weighted by molar-refractivity contribution is 4.59. The predicted octanol–water partition coefficient (Wildman–Crippen LogP) is 5.97. The van der Waals surface area contributed by atoms with E-state index in [1.54, 1.807) is 0 Å². The SMILES string of the molecule is [CH2]CCCCCCCCCCC(C[CH2])CC. The Bertz CT molecular complexity index is 113. The van der Waals surface area contributed by atoms with E-state index in [1.165, 1.54) is 64.2 Å². The maximum atomic E-state index is 4.01. The van der Waals surface area contributed by atoms with E-state index in [0.29, 0.717) is 0 Å². The summed E-state index contributed by atoms with van der Waals surface area (Å²) in [6.45, 7) is 10.2. The maximum absolute atomic E-state index is 4.01. The van der Waals surface area contributed by atoms with Crippen LogP contribution >= 0.6 is 0 Å². The molecular weight excluding hydrogens is 192 g/mol. The van der Waals surface area contributed by atoms with Crippen LogP contribution in [0, 0.1) is 19.8 Å². The standard InChI is InChI=1S/C16H32/c1-4-7-8-9-10-11-12-13-14-15-16(5-2)6-3/h16H,1-2,4-15H2,3H3. The van der Waals surface area contributed by atoms with Crippen molar-refractivity contribution < 1.29 is 0 Å². The zero-order chi connectivity index (χ0) is 12.1. The normalized spacial score (nSPS) is 11.2. The van der Waals surface area contributed by atoms with Crippen molar-refractivity contribution in [2.45, 2.75) is 84.0 Å². The van der Waals surface area contributed by atoms with Crippen LogP contribution in [-0.2, 0) is 0 Å². The molecule has 0 amide bonds. The summed E-state index contributed by atoms with van der Waals surface area (Å²) in [5.41, 5.74) is 0. The van der Waals surface area contributed by atoms with Crippen LogP contribution in [0.3, 0.4) is 0 Å². The summed E-state index contributed by atoms with van der Waals surface area (Å²) < 4.78 is 0. The van der Waals surface area contributed by atoms with Crippen molar-refractivity contribution >= 4 is 0 Å². The van der Waals surface area contributed by atoms with E-state index in [9.17, 15) is 0 Å². The van der Waals surface area contributed by atoms with Crippen molar-refractivity contribution in [1.29, 1.82) is 0 Å². The van der Waals surface area contributed by atoms with E-state index in [2.05, 4.69) is 20.8 Å². The van der Waals surface area contributed by atoms with Gasteiger partial charge in [0.25, 0.3) is 0 Å². The van der Waals surface area contributed by atoms with Crippen molar-refractivity contribution in [2.24, 2.45) is 5.92 Å². The summed E-state index contributed by atoms with van der Waals surface area (Å²) in [7, 11) is 0. The molecule has 16 heavy (non-hydrogen) atoms. The Morgan fingerprint density at radius 1 is 0.750 bits per heavy atom. The van der Waals surface area contributed by atoms with E-state index in [0.717, 1.165) is 18.8 Å². The Morgan fingerprint density at radius 2 is 1.25 bits per heavy atom. The quantitative estimate of drug-likeness (QED) is 0.358. The zero-order valence-corrected chi connectivity index (χ0v) is 11.5. The molecule has 0 spiro atoms.